The van der Waals surface area contributed by atoms with Crippen LogP contribution >= 0.6 is 22.6 Å². The van der Waals surface area contributed by atoms with Crippen molar-refractivity contribution in [3.63, 3.8) is 0 Å². The molecule has 0 spiro atoms. The fourth-order valence-corrected chi connectivity index (χ4v) is 1.63. The Morgan fingerprint density at radius 2 is 2.12 bits per heavy atom. The van der Waals surface area contributed by atoms with Gasteiger partial charge in [-0.05, 0) is 53.8 Å². The first-order valence-electron chi connectivity index (χ1n) is 5.21. The molecule has 1 aromatic rings. The molecule has 6 heteroatoms. The van der Waals surface area contributed by atoms with Gasteiger partial charge in [-0.1, -0.05) is 0 Å². The van der Waals surface area contributed by atoms with Crippen LogP contribution in [0.25, 0.3) is 0 Å². The van der Waals surface area contributed by atoms with Gasteiger partial charge in [0.1, 0.15) is 0 Å². The van der Waals surface area contributed by atoms with Gasteiger partial charge < -0.3 is 10.1 Å². The maximum atomic E-state index is 5.41. The van der Waals surface area contributed by atoms with E-state index in [0.717, 1.165) is 5.69 Å². The Hall–Kier alpha value is -0.860. The Bertz CT molecular complexity index is 366. The van der Waals surface area contributed by atoms with E-state index in [9.17, 15) is 0 Å². The molecule has 1 rings (SSSR count). The van der Waals surface area contributed by atoms with E-state index in [-0.39, 0.29) is 6.04 Å². The molecule has 0 saturated carbocycles. The van der Waals surface area contributed by atoms with Crippen LogP contribution in [-0.2, 0) is 4.74 Å². The van der Waals surface area contributed by atoms with E-state index in [4.69, 9.17) is 10.6 Å². The molecule has 17 heavy (non-hydrogen) atoms. The standard InChI is InChI=1S/C11H17IN4O/c1-8(7-17-2)14-11(16-13)15-10-5-3-9(12)4-6-10/h3-6,8H,7,13H2,1-2H3,(H2,14,15,16). The summed E-state index contributed by atoms with van der Waals surface area (Å²) >= 11 is 2.26. The van der Waals surface area contributed by atoms with E-state index >= 15 is 0 Å². The Kier molecular flexibility index (Phi) is 6.23. The third kappa shape index (κ3) is 5.33. The van der Waals surface area contributed by atoms with E-state index in [2.05, 4.69) is 38.3 Å². The summed E-state index contributed by atoms with van der Waals surface area (Å²) in [7, 11) is 1.65. The molecule has 0 aliphatic rings. The highest BCUT2D eigenvalue weighted by Gasteiger charge is 2.02. The Morgan fingerprint density at radius 3 is 2.65 bits per heavy atom. The summed E-state index contributed by atoms with van der Waals surface area (Å²) in [5, 5.41) is 3.10. The van der Waals surface area contributed by atoms with Gasteiger partial charge in [0.15, 0.2) is 0 Å². The first-order chi connectivity index (χ1) is 8.15. The monoisotopic (exact) mass is 348 g/mol. The summed E-state index contributed by atoms with van der Waals surface area (Å²) in [6.45, 7) is 2.51. The molecule has 0 aromatic heterocycles. The molecular weight excluding hydrogens is 331 g/mol. The summed E-state index contributed by atoms with van der Waals surface area (Å²) in [6.07, 6.45) is 0. The largest absolute Gasteiger partial charge is 0.382 e. The molecule has 1 unspecified atom stereocenters. The summed E-state index contributed by atoms with van der Waals surface area (Å²) < 4.78 is 6.19. The number of nitrogens with one attached hydrogen (secondary N) is 2. The van der Waals surface area contributed by atoms with Gasteiger partial charge in [-0.25, -0.2) is 10.8 Å². The van der Waals surface area contributed by atoms with Crippen molar-refractivity contribution in [2.75, 3.05) is 19.0 Å². The van der Waals surface area contributed by atoms with E-state index in [0.29, 0.717) is 12.6 Å². The van der Waals surface area contributed by atoms with E-state index < -0.39 is 0 Å². The molecule has 0 heterocycles. The molecular formula is C11H17IN4O. The molecule has 0 saturated heterocycles. The van der Waals surface area contributed by atoms with Gasteiger partial charge in [-0.3, -0.25) is 5.43 Å². The SMILES string of the molecule is COCC(C)N=C(NN)Nc1ccc(I)cc1. The van der Waals surface area contributed by atoms with Crippen molar-refractivity contribution in [1.29, 1.82) is 0 Å². The fourth-order valence-electron chi connectivity index (χ4n) is 1.27. The van der Waals surface area contributed by atoms with Crippen molar-refractivity contribution in [3.05, 3.63) is 27.8 Å². The third-order valence-corrected chi connectivity index (χ3v) is 2.72. The second kappa shape index (κ2) is 7.46. The van der Waals surface area contributed by atoms with Crippen molar-refractivity contribution in [3.8, 4) is 0 Å². The van der Waals surface area contributed by atoms with Gasteiger partial charge in [0.2, 0.25) is 5.96 Å². The van der Waals surface area contributed by atoms with Crippen LogP contribution in [0.2, 0.25) is 0 Å². The highest BCUT2D eigenvalue weighted by atomic mass is 127. The number of hydrogen-bond donors (Lipinski definition) is 3. The minimum absolute atomic E-state index is 0.0439. The Morgan fingerprint density at radius 1 is 1.47 bits per heavy atom. The molecule has 0 aliphatic heterocycles. The predicted octanol–water partition coefficient (Wildman–Crippen LogP) is 1.56. The second-order valence-corrected chi connectivity index (χ2v) is 4.80. The number of nitrogens with zero attached hydrogens (tertiary/aromatic N) is 1. The molecule has 0 radical (unpaired) electrons. The van der Waals surface area contributed by atoms with Gasteiger partial charge >= 0.3 is 0 Å². The summed E-state index contributed by atoms with van der Waals surface area (Å²) in [4.78, 5) is 4.34. The Balaban J connectivity index is 2.66. The van der Waals surface area contributed by atoms with Crippen LogP contribution < -0.4 is 16.6 Å². The fraction of sp³-hybridized carbons (Fsp3) is 0.364. The Labute approximate surface area is 115 Å². The lowest BCUT2D eigenvalue weighted by atomic mass is 10.3. The molecule has 1 aromatic carbocycles. The van der Waals surface area contributed by atoms with Crippen LogP contribution in [0.15, 0.2) is 29.3 Å². The van der Waals surface area contributed by atoms with Crippen LogP contribution in [0, 0.1) is 3.57 Å². The number of ether oxygens (including phenoxy) is 1. The molecule has 1 atom stereocenters. The van der Waals surface area contributed by atoms with Crippen LogP contribution in [0.4, 0.5) is 5.69 Å². The van der Waals surface area contributed by atoms with Crippen LogP contribution in [-0.4, -0.2) is 25.7 Å². The highest BCUT2D eigenvalue weighted by molar-refractivity contribution is 14.1. The number of nitrogens with two attached hydrogens (primary N) is 1. The van der Waals surface area contributed by atoms with Gasteiger partial charge in [0.25, 0.3) is 0 Å². The first kappa shape index (κ1) is 14.2. The molecule has 94 valence electrons. The maximum Gasteiger partial charge on any atom is 0.210 e. The molecule has 0 aliphatic carbocycles. The number of hydrogen-bond acceptors (Lipinski definition) is 3. The van der Waals surface area contributed by atoms with E-state index in [1.807, 2.05) is 31.2 Å². The molecule has 0 bridgehead atoms. The zero-order valence-corrected chi connectivity index (χ0v) is 12.1. The van der Waals surface area contributed by atoms with E-state index in [1.54, 1.807) is 7.11 Å². The van der Waals surface area contributed by atoms with Crippen molar-refractivity contribution in [2.45, 2.75) is 13.0 Å². The van der Waals surface area contributed by atoms with Crippen molar-refractivity contribution >= 4 is 34.2 Å². The topological polar surface area (TPSA) is 71.7 Å². The van der Waals surface area contributed by atoms with Crippen LogP contribution in [0.1, 0.15) is 6.92 Å². The minimum Gasteiger partial charge on any atom is -0.382 e. The number of benzene rings is 1. The lowest BCUT2D eigenvalue weighted by Gasteiger charge is -2.12. The number of guanidine groups is 1. The number of aliphatic imine (C=N–C) groups is 1. The maximum absolute atomic E-state index is 5.41. The normalized spacial score (nSPS) is 13.3. The van der Waals surface area contributed by atoms with E-state index in [1.165, 1.54) is 3.57 Å². The molecule has 5 nitrogen and oxygen atoms in total. The molecule has 0 amide bonds. The summed E-state index contributed by atoms with van der Waals surface area (Å²) in [5.41, 5.74) is 3.47. The zero-order valence-electron chi connectivity index (χ0n) is 9.90. The number of anilines is 1. The lowest BCUT2D eigenvalue weighted by molar-refractivity contribution is 0.185. The van der Waals surface area contributed by atoms with Gasteiger partial charge in [0, 0.05) is 16.4 Å². The number of hydrazine groups is 1. The summed E-state index contributed by atoms with van der Waals surface area (Å²) in [6, 6.07) is 8.00. The smallest absolute Gasteiger partial charge is 0.210 e. The van der Waals surface area contributed by atoms with Gasteiger partial charge in [-0.15, -0.1) is 0 Å². The lowest BCUT2D eigenvalue weighted by Crippen LogP contribution is -2.37. The number of halogens is 1. The highest BCUT2D eigenvalue weighted by Crippen LogP contribution is 2.10. The van der Waals surface area contributed by atoms with Crippen LogP contribution in [0.5, 0.6) is 0 Å². The average Bonchev–Trinajstić information content (AvgIpc) is 2.31. The average molecular weight is 348 g/mol. The zero-order chi connectivity index (χ0) is 12.7. The van der Waals surface area contributed by atoms with Gasteiger partial charge in [0.05, 0.1) is 12.6 Å². The summed E-state index contributed by atoms with van der Waals surface area (Å²) in [5.74, 6) is 5.93. The van der Waals surface area contributed by atoms with Crippen molar-refractivity contribution in [2.24, 2.45) is 10.8 Å². The quantitative estimate of drug-likeness (QED) is 0.254. The predicted molar refractivity (Wildman–Crippen MR) is 78.9 cm³/mol. The minimum atomic E-state index is 0.0439. The van der Waals surface area contributed by atoms with Gasteiger partial charge in [-0.2, -0.15) is 0 Å². The number of methoxy groups -OCH3 is 1. The van der Waals surface area contributed by atoms with Crippen LogP contribution in [0.3, 0.4) is 0 Å². The molecule has 0 fully saturated rings. The first-order valence-corrected chi connectivity index (χ1v) is 6.29. The van der Waals surface area contributed by atoms with Crippen molar-refractivity contribution in [1.82, 2.24) is 5.43 Å². The third-order valence-electron chi connectivity index (χ3n) is 2.00. The molecule has 4 N–H and O–H groups in total. The number of rotatable bonds is 4. The van der Waals surface area contributed by atoms with Crippen molar-refractivity contribution < 1.29 is 4.74 Å². The second-order valence-electron chi connectivity index (χ2n) is 3.56.